The Bertz CT molecular complexity index is 171. The SMILES string of the molecule is Cc1ccc(ON)o1. The monoisotopic (exact) mass is 113 g/mol. The van der Waals surface area contributed by atoms with E-state index < -0.39 is 0 Å². The van der Waals surface area contributed by atoms with Crippen LogP contribution in [-0.4, -0.2) is 0 Å². The molecular weight excluding hydrogens is 106 g/mol. The lowest BCUT2D eigenvalue weighted by Crippen LogP contribution is -1.99. The van der Waals surface area contributed by atoms with Gasteiger partial charge in [0, 0.05) is 6.07 Å². The van der Waals surface area contributed by atoms with Gasteiger partial charge in [0.1, 0.15) is 5.76 Å². The topological polar surface area (TPSA) is 48.4 Å². The van der Waals surface area contributed by atoms with Gasteiger partial charge in [-0.3, -0.25) is 0 Å². The van der Waals surface area contributed by atoms with Gasteiger partial charge in [0.2, 0.25) is 0 Å². The second kappa shape index (κ2) is 1.88. The lowest BCUT2D eigenvalue weighted by Gasteiger charge is -1.86. The van der Waals surface area contributed by atoms with Crippen molar-refractivity contribution < 1.29 is 9.25 Å². The summed E-state index contributed by atoms with van der Waals surface area (Å²) in [5, 5.41) is 0. The fourth-order valence-electron chi connectivity index (χ4n) is 0.475. The third-order valence-electron chi connectivity index (χ3n) is 0.832. The first kappa shape index (κ1) is 5.18. The summed E-state index contributed by atoms with van der Waals surface area (Å²) in [7, 11) is 0. The van der Waals surface area contributed by atoms with Crippen LogP contribution in [0, 0.1) is 6.92 Å². The molecule has 1 heterocycles. The third kappa shape index (κ3) is 0.816. The molecule has 0 saturated heterocycles. The highest BCUT2D eigenvalue weighted by Gasteiger charge is 1.93. The quantitative estimate of drug-likeness (QED) is 0.549. The second-order valence-electron chi connectivity index (χ2n) is 1.48. The zero-order valence-corrected chi connectivity index (χ0v) is 4.55. The molecule has 0 aliphatic rings. The molecule has 1 rings (SSSR count). The van der Waals surface area contributed by atoms with Crippen LogP contribution in [0.15, 0.2) is 16.5 Å². The van der Waals surface area contributed by atoms with Crippen LogP contribution in [0.25, 0.3) is 0 Å². The van der Waals surface area contributed by atoms with Gasteiger partial charge in [0.15, 0.2) is 0 Å². The highest BCUT2D eigenvalue weighted by Crippen LogP contribution is 2.12. The standard InChI is InChI=1S/C5H7NO2/c1-4-2-3-5(7-4)8-6/h2-3H,6H2,1H3. The average Bonchev–Trinajstić information content (AvgIpc) is 2.14. The zero-order chi connectivity index (χ0) is 5.98. The molecule has 0 spiro atoms. The number of nitrogens with two attached hydrogens (primary N) is 1. The summed E-state index contributed by atoms with van der Waals surface area (Å²) in [5.41, 5.74) is 0. The van der Waals surface area contributed by atoms with Crippen molar-refractivity contribution in [3.8, 4) is 5.95 Å². The Morgan fingerprint density at radius 1 is 1.62 bits per heavy atom. The molecule has 0 bridgehead atoms. The molecular formula is C5H7NO2. The van der Waals surface area contributed by atoms with Crippen molar-refractivity contribution in [2.45, 2.75) is 6.92 Å². The summed E-state index contributed by atoms with van der Waals surface area (Å²) in [6, 6.07) is 3.44. The normalized spacial score (nSPS) is 9.25. The predicted molar refractivity (Wildman–Crippen MR) is 28.3 cm³/mol. The van der Waals surface area contributed by atoms with Gasteiger partial charge < -0.3 is 9.25 Å². The predicted octanol–water partition coefficient (Wildman–Crippen LogP) is 0.841. The van der Waals surface area contributed by atoms with Crippen LogP contribution in [0.5, 0.6) is 5.95 Å². The van der Waals surface area contributed by atoms with E-state index in [-0.39, 0.29) is 0 Å². The van der Waals surface area contributed by atoms with Crippen LogP contribution in [0.4, 0.5) is 0 Å². The Morgan fingerprint density at radius 3 is 2.62 bits per heavy atom. The molecule has 3 heteroatoms. The van der Waals surface area contributed by atoms with Crippen LogP contribution in [0.3, 0.4) is 0 Å². The van der Waals surface area contributed by atoms with Crippen molar-refractivity contribution in [3.05, 3.63) is 17.9 Å². The zero-order valence-electron chi connectivity index (χ0n) is 4.55. The highest BCUT2D eigenvalue weighted by molar-refractivity contribution is 5.09. The average molecular weight is 113 g/mol. The number of hydrogen-bond donors (Lipinski definition) is 1. The van der Waals surface area contributed by atoms with Crippen LogP contribution >= 0.6 is 0 Å². The summed E-state index contributed by atoms with van der Waals surface area (Å²) in [6.07, 6.45) is 0. The van der Waals surface area contributed by atoms with Gasteiger partial charge in [-0.05, 0) is 13.0 Å². The minimum Gasteiger partial charge on any atom is -0.430 e. The molecule has 0 aliphatic heterocycles. The van der Waals surface area contributed by atoms with Crippen molar-refractivity contribution in [1.82, 2.24) is 0 Å². The minimum absolute atomic E-state index is 0.350. The fraction of sp³-hybridized carbons (Fsp3) is 0.200. The number of aryl methyl sites for hydroxylation is 1. The largest absolute Gasteiger partial charge is 0.430 e. The van der Waals surface area contributed by atoms with Gasteiger partial charge in [-0.15, -0.1) is 0 Å². The first-order valence-corrected chi connectivity index (χ1v) is 2.26. The van der Waals surface area contributed by atoms with Crippen molar-refractivity contribution in [2.24, 2.45) is 5.90 Å². The van der Waals surface area contributed by atoms with E-state index in [1.54, 1.807) is 12.1 Å². The van der Waals surface area contributed by atoms with E-state index in [2.05, 4.69) is 4.84 Å². The first-order chi connectivity index (χ1) is 3.83. The molecule has 0 fully saturated rings. The molecule has 1 aromatic heterocycles. The van der Waals surface area contributed by atoms with Crippen molar-refractivity contribution in [2.75, 3.05) is 0 Å². The first-order valence-electron chi connectivity index (χ1n) is 2.26. The summed E-state index contributed by atoms with van der Waals surface area (Å²) < 4.78 is 4.89. The fourth-order valence-corrected chi connectivity index (χ4v) is 0.475. The van der Waals surface area contributed by atoms with E-state index >= 15 is 0 Å². The van der Waals surface area contributed by atoms with E-state index in [4.69, 9.17) is 10.3 Å². The maximum absolute atomic E-state index is 4.89. The van der Waals surface area contributed by atoms with E-state index in [9.17, 15) is 0 Å². The van der Waals surface area contributed by atoms with Gasteiger partial charge >= 0.3 is 5.95 Å². The molecule has 0 atom stereocenters. The van der Waals surface area contributed by atoms with Crippen LogP contribution in [0.1, 0.15) is 5.76 Å². The highest BCUT2D eigenvalue weighted by atomic mass is 16.7. The Morgan fingerprint density at radius 2 is 2.38 bits per heavy atom. The molecule has 3 nitrogen and oxygen atoms in total. The van der Waals surface area contributed by atoms with E-state index in [0.717, 1.165) is 5.76 Å². The lowest BCUT2D eigenvalue weighted by molar-refractivity contribution is 0.247. The van der Waals surface area contributed by atoms with E-state index in [1.165, 1.54) is 0 Å². The molecule has 0 saturated carbocycles. The Hall–Kier alpha value is -0.960. The van der Waals surface area contributed by atoms with Gasteiger partial charge in [-0.2, -0.15) is 5.90 Å². The van der Waals surface area contributed by atoms with Crippen molar-refractivity contribution in [1.29, 1.82) is 0 Å². The Labute approximate surface area is 47.0 Å². The molecule has 0 aromatic carbocycles. The molecule has 0 aliphatic carbocycles. The van der Waals surface area contributed by atoms with Gasteiger partial charge in [-0.1, -0.05) is 0 Å². The van der Waals surface area contributed by atoms with Crippen molar-refractivity contribution >= 4 is 0 Å². The summed E-state index contributed by atoms with van der Waals surface area (Å²) in [6.45, 7) is 1.82. The summed E-state index contributed by atoms with van der Waals surface area (Å²) >= 11 is 0. The molecule has 0 amide bonds. The van der Waals surface area contributed by atoms with Gasteiger partial charge in [0.25, 0.3) is 0 Å². The van der Waals surface area contributed by atoms with Crippen LogP contribution in [-0.2, 0) is 0 Å². The van der Waals surface area contributed by atoms with E-state index in [1.807, 2.05) is 6.92 Å². The maximum atomic E-state index is 4.89. The molecule has 44 valence electrons. The van der Waals surface area contributed by atoms with Crippen LogP contribution < -0.4 is 10.7 Å². The number of furan rings is 1. The summed E-state index contributed by atoms with van der Waals surface area (Å²) in [4.78, 5) is 4.27. The molecule has 0 radical (unpaired) electrons. The lowest BCUT2D eigenvalue weighted by atomic mass is 10.5. The van der Waals surface area contributed by atoms with Crippen molar-refractivity contribution in [3.63, 3.8) is 0 Å². The Balaban J connectivity index is 2.84. The number of hydrogen-bond acceptors (Lipinski definition) is 3. The molecule has 8 heavy (non-hydrogen) atoms. The second-order valence-corrected chi connectivity index (χ2v) is 1.48. The van der Waals surface area contributed by atoms with Gasteiger partial charge in [-0.25, -0.2) is 0 Å². The van der Waals surface area contributed by atoms with Gasteiger partial charge in [0.05, 0.1) is 0 Å². The maximum Gasteiger partial charge on any atom is 0.304 e. The van der Waals surface area contributed by atoms with E-state index in [0.29, 0.717) is 5.95 Å². The minimum atomic E-state index is 0.350. The molecule has 1 aromatic rings. The third-order valence-corrected chi connectivity index (χ3v) is 0.832. The number of rotatable bonds is 1. The Kier molecular flexibility index (Phi) is 1.22. The summed E-state index contributed by atoms with van der Waals surface area (Å²) in [5.74, 6) is 5.92. The molecule has 0 unspecified atom stereocenters. The van der Waals surface area contributed by atoms with Crippen LogP contribution in [0.2, 0.25) is 0 Å². The smallest absolute Gasteiger partial charge is 0.304 e. The molecule has 2 N–H and O–H groups in total.